The van der Waals surface area contributed by atoms with Crippen molar-refractivity contribution in [2.45, 2.75) is 18.4 Å². The fraction of sp³-hybridized carbons (Fsp3) is 0.100. The highest BCUT2D eigenvalue weighted by molar-refractivity contribution is 7.92. The van der Waals surface area contributed by atoms with Gasteiger partial charge in [-0.05, 0) is 55.0 Å². The van der Waals surface area contributed by atoms with Gasteiger partial charge in [0, 0.05) is 11.6 Å². The SMILES string of the molecule is Cc1ccc(F)cc1S(=O)(=O)N(Cc1ccc(F)cc1F)c1ccc(F)cc1. The van der Waals surface area contributed by atoms with E-state index in [1.54, 1.807) is 0 Å². The topological polar surface area (TPSA) is 37.4 Å². The molecule has 0 heterocycles. The summed E-state index contributed by atoms with van der Waals surface area (Å²) in [6, 6.07) is 10.6. The molecule has 0 unspecified atom stereocenters. The summed E-state index contributed by atoms with van der Waals surface area (Å²) in [6.07, 6.45) is 0. The van der Waals surface area contributed by atoms with Gasteiger partial charge in [0.2, 0.25) is 0 Å². The third kappa shape index (κ3) is 4.01. The van der Waals surface area contributed by atoms with Crippen LogP contribution in [0.5, 0.6) is 0 Å². The molecule has 0 aliphatic rings. The summed E-state index contributed by atoms with van der Waals surface area (Å²) >= 11 is 0. The smallest absolute Gasteiger partial charge is 0.262 e. The normalized spacial score (nSPS) is 11.5. The molecule has 0 amide bonds. The number of aryl methyl sites for hydroxylation is 1. The summed E-state index contributed by atoms with van der Waals surface area (Å²) in [6.45, 7) is 1.00. The molecule has 146 valence electrons. The molecule has 0 fully saturated rings. The van der Waals surface area contributed by atoms with E-state index in [2.05, 4.69) is 0 Å². The molecule has 28 heavy (non-hydrogen) atoms. The highest BCUT2D eigenvalue weighted by atomic mass is 32.2. The Morgan fingerprint density at radius 1 is 0.786 bits per heavy atom. The van der Waals surface area contributed by atoms with Crippen LogP contribution in [0.15, 0.2) is 65.6 Å². The van der Waals surface area contributed by atoms with E-state index in [1.165, 1.54) is 25.1 Å². The zero-order valence-electron chi connectivity index (χ0n) is 14.7. The Bertz CT molecular complexity index is 1120. The largest absolute Gasteiger partial charge is 0.264 e. The van der Waals surface area contributed by atoms with Gasteiger partial charge in [-0.25, -0.2) is 26.0 Å². The Morgan fingerprint density at radius 2 is 1.36 bits per heavy atom. The van der Waals surface area contributed by atoms with E-state index in [4.69, 9.17) is 0 Å². The highest BCUT2D eigenvalue weighted by Crippen LogP contribution is 2.29. The molecule has 3 nitrogen and oxygen atoms in total. The molecule has 0 aromatic heterocycles. The second-order valence-corrected chi connectivity index (χ2v) is 7.96. The van der Waals surface area contributed by atoms with Crippen molar-refractivity contribution in [2.75, 3.05) is 4.31 Å². The summed E-state index contributed by atoms with van der Waals surface area (Å²) in [5.41, 5.74) is 0.241. The van der Waals surface area contributed by atoms with Crippen LogP contribution >= 0.6 is 0 Å². The average Bonchev–Trinajstić information content (AvgIpc) is 2.64. The van der Waals surface area contributed by atoms with E-state index in [-0.39, 0.29) is 21.7 Å². The van der Waals surface area contributed by atoms with E-state index in [0.29, 0.717) is 6.07 Å². The lowest BCUT2D eigenvalue weighted by Crippen LogP contribution is -2.31. The second-order valence-electron chi connectivity index (χ2n) is 6.13. The summed E-state index contributed by atoms with van der Waals surface area (Å²) in [5.74, 6) is -3.08. The first-order valence-electron chi connectivity index (χ1n) is 8.17. The van der Waals surface area contributed by atoms with Crippen LogP contribution in [0.25, 0.3) is 0 Å². The maximum atomic E-state index is 14.1. The minimum Gasteiger partial charge on any atom is -0.262 e. The van der Waals surface area contributed by atoms with Gasteiger partial charge in [-0.1, -0.05) is 12.1 Å². The van der Waals surface area contributed by atoms with Crippen LogP contribution in [-0.4, -0.2) is 8.42 Å². The highest BCUT2D eigenvalue weighted by Gasteiger charge is 2.28. The Morgan fingerprint density at radius 3 is 2.00 bits per heavy atom. The van der Waals surface area contributed by atoms with Crippen molar-refractivity contribution >= 4 is 15.7 Å². The minimum absolute atomic E-state index is 0.0498. The van der Waals surface area contributed by atoms with Crippen molar-refractivity contribution in [1.82, 2.24) is 0 Å². The Hall–Kier alpha value is -2.87. The molecule has 0 atom stereocenters. The lowest BCUT2D eigenvalue weighted by Gasteiger charge is -2.25. The van der Waals surface area contributed by atoms with E-state index in [0.717, 1.165) is 40.7 Å². The number of halogens is 4. The van der Waals surface area contributed by atoms with Crippen LogP contribution in [0.4, 0.5) is 23.2 Å². The number of nitrogens with zero attached hydrogens (tertiary/aromatic N) is 1. The van der Waals surface area contributed by atoms with Crippen molar-refractivity contribution in [3.63, 3.8) is 0 Å². The maximum Gasteiger partial charge on any atom is 0.264 e. The predicted molar refractivity (Wildman–Crippen MR) is 97.3 cm³/mol. The summed E-state index contributed by atoms with van der Waals surface area (Å²) in [4.78, 5) is -0.306. The standard InChI is InChI=1S/C20H15F4NO2S/c1-13-2-4-17(23)11-20(13)28(26,27)25(18-8-6-15(21)7-9-18)12-14-3-5-16(22)10-19(14)24/h2-11H,12H2,1H3. The van der Waals surface area contributed by atoms with E-state index < -0.39 is 39.8 Å². The number of rotatable bonds is 5. The van der Waals surface area contributed by atoms with Crippen molar-refractivity contribution in [1.29, 1.82) is 0 Å². The Labute approximate surface area is 159 Å². The van der Waals surface area contributed by atoms with E-state index in [9.17, 15) is 26.0 Å². The Balaban J connectivity index is 2.15. The monoisotopic (exact) mass is 409 g/mol. The van der Waals surface area contributed by atoms with Gasteiger partial charge < -0.3 is 0 Å². The molecule has 0 aliphatic carbocycles. The molecular weight excluding hydrogens is 394 g/mol. The first kappa shape index (κ1) is 19.9. The van der Waals surface area contributed by atoms with Crippen LogP contribution in [0.2, 0.25) is 0 Å². The maximum absolute atomic E-state index is 14.1. The van der Waals surface area contributed by atoms with E-state index in [1.807, 2.05) is 0 Å². The molecular formula is C20H15F4NO2S. The van der Waals surface area contributed by atoms with Crippen LogP contribution < -0.4 is 4.31 Å². The first-order valence-corrected chi connectivity index (χ1v) is 9.61. The van der Waals surface area contributed by atoms with Crippen molar-refractivity contribution in [3.8, 4) is 0 Å². The van der Waals surface area contributed by atoms with Crippen LogP contribution in [-0.2, 0) is 16.6 Å². The molecule has 3 rings (SSSR count). The first-order chi connectivity index (χ1) is 13.2. The summed E-state index contributed by atoms with van der Waals surface area (Å²) < 4.78 is 81.6. The average molecular weight is 409 g/mol. The predicted octanol–water partition coefficient (Wildman–Crippen LogP) is 4.95. The molecule has 8 heteroatoms. The van der Waals surface area contributed by atoms with Crippen LogP contribution in [0.3, 0.4) is 0 Å². The number of benzene rings is 3. The quantitative estimate of drug-likeness (QED) is 0.560. The zero-order valence-corrected chi connectivity index (χ0v) is 15.5. The number of sulfonamides is 1. The van der Waals surface area contributed by atoms with E-state index >= 15 is 0 Å². The van der Waals surface area contributed by atoms with Gasteiger partial charge in [-0.15, -0.1) is 0 Å². The lowest BCUT2D eigenvalue weighted by molar-refractivity contribution is 0.568. The summed E-state index contributed by atoms with van der Waals surface area (Å²) in [7, 11) is -4.33. The molecule has 0 bridgehead atoms. The lowest BCUT2D eigenvalue weighted by atomic mass is 10.2. The van der Waals surface area contributed by atoms with Crippen molar-refractivity contribution in [2.24, 2.45) is 0 Å². The number of hydrogen-bond acceptors (Lipinski definition) is 2. The van der Waals surface area contributed by atoms with Crippen LogP contribution in [0.1, 0.15) is 11.1 Å². The van der Waals surface area contributed by atoms with Crippen LogP contribution in [0, 0.1) is 30.2 Å². The molecule has 0 radical (unpaired) electrons. The molecule has 3 aromatic rings. The Kier molecular flexibility index (Phi) is 5.42. The third-order valence-electron chi connectivity index (χ3n) is 4.16. The molecule has 0 aliphatic heterocycles. The molecule has 3 aromatic carbocycles. The third-order valence-corrected chi connectivity index (χ3v) is 6.08. The fourth-order valence-electron chi connectivity index (χ4n) is 2.70. The van der Waals surface area contributed by atoms with Gasteiger partial charge >= 0.3 is 0 Å². The van der Waals surface area contributed by atoms with Gasteiger partial charge in [0.25, 0.3) is 10.0 Å². The summed E-state index contributed by atoms with van der Waals surface area (Å²) in [5, 5.41) is 0. The zero-order chi connectivity index (χ0) is 20.5. The number of anilines is 1. The second kappa shape index (κ2) is 7.63. The fourth-order valence-corrected chi connectivity index (χ4v) is 4.38. The molecule has 0 saturated heterocycles. The van der Waals surface area contributed by atoms with Gasteiger partial charge in [-0.3, -0.25) is 4.31 Å². The molecule has 0 saturated carbocycles. The van der Waals surface area contributed by atoms with Gasteiger partial charge in [0.15, 0.2) is 0 Å². The van der Waals surface area contributed by atoms with Crippen molar-refractivity contribution in [3.05, 3.63) is 95.1 Å². The van der Waals surface area contributed by atoms with Gasteiger partial charge in [0.05, 0.1) is 17.1 Å². The van der Waals surface area contributed by atoms with Gasteiger partial charge in [0.1, 0.15) is 23.3 Å². The molecule has 0 spiro atoms. The van der Waals surface area contributed by atoms with Gasteiger partial charge in [-0.2, -0.15) is 0 Å². The number of hydrogen-bond donors (Lipinski definition) is 0. The van der Waals surface area contributed by atoms with Crippen molar-refractivity contribution < 1.29 is 26.0 Å². The minimum atomic E-state index is -4.33. The molecule has 0 N–H and O–H groups in total.